The second-order valence-corrected chi connectivity index (χ2v) is 4.77. The normalized spacial score (nSPS) is 10.3. The van der Waals surface area contributed by atoms with E-state index in [1.165, 1.54) is 18.5 Å². The molecule has 0 fully saturated rings. The van der Waals surface area contributed by atoms with Crippen LogP contribution < -0.4 is 16.2 Å². The van der Waals surface area contributed by atoms with Crippen molar-refractivity contribution in [1.82, 2.24) is 4.98 Å². The molecule has 106 valence electrons. The van der Waals surface area contributed by atoms with Gasteiger partial charge in [-0.2, -0.15) is 0 Å². The maximum Gasteiger partial charge on any atom is 0.140 e. The van der Waals surface area contributed by atoms with E-state index in [0.717, 1.165) is 18.8 Å². The fourth-order valence-corrected chi connectivity index (χ4v) is 2.13. The molecule has 1 aromatic carbocycles. The van der Waals surface area contributed by atoms with Crippen LogP contribution in [0.4, 0.5) is 11.5 Å². The highest BCUT2D eigenvalue weighted by Crippen LogP contribution is 2.17. The van der Waals surface area contributed by atoms with Crippen LogP contribution in [0.15, 0.2) is 48.5 Å². The molecular formula is C16H22N4. The summed E-state index contributed by atoms with van der Waals surface area (Å²) in [6.07, 6.45) is 2.35. The summed E-state index contributed by atoms with van der Waals surface area (Å²) in [6.45, 7) is 4.03. The molecule has 4 nitrogen and oxygen atoms in total. The van der Waals surface area contributed by atoms with Crippen molar-refractivity contribution in [3.8, 4) is 0 Å². The molecule has 0 atom stereocenters. The molecule has 2 aromatic rings. The first-order valence-electron chi connectivity index (χ1n) is 7.06. The van der Waals surface area contributed by atoms with Crippen LogP contribution in [0.5, 0.6) is 0 Å². The summed E-state index contributed by atoms with van der Waals surface area (Å²) in [5.74, 6) is 6.11. The molecule has 0 unspecified atom stereocenters. The van der Waals surface area contributed by atoms with Crippen LogP contribution in [0, 0.1) is 0 Å². The average Bonchev–Trinajstić information content (AvgIpc) is 2.52. The van der Waals surface area contributed by atoms with E-state index in [1.807, 2.05) is 24.3 Å². The Labute approximate surface area is 120 Å². The highest BCUT2D eigenvalue weighted by atomic mass is 15.3. The Morgan fingerprint density at radius 3 is 2.60 bits per heavy atom. The van der Waals surface area contributed by atoms with Crippen LogP contribution in [0.2, 0.25) is 0 Å². The van der Waals surface area contributed by atoms with Gasteiger partial charge in [0.2, 0.25) is 0 Å². The van der Waals surface area contributed by atoms with Crippen LogP contribution >= 0.6 is 0 Å². The first-order valence-corrected chi connectivity index (χ1v) is 7.06. The lowest BCUT2D eigenvalue weighted by Crippen LogP contribution is -2.24. The number of hydrogen-bond acceptors (Lipinski definition) is 4. The topological polar surface area (TPSA) is 54.2 Å². The van der Waals surface area contributed by atoms with Gasteiger partial charge in [-0.3, -0.25) is 0 Å². The molecule has 20 heavy (non-hydrogen) atoms. The molecule has 1 heterocycles. The van der Waals surface area contributed by atoms with Gasteiger partial charge in [-0.05, 0) is 30.7 Å². The second-order valence-electron chi connectivity index (χ2n) is 4.77. The molecule has 0 radical (unpaired) electrons. The number of rotatable bonds is 7. The lowest BCUT2D eigenvalue weighted by molar-refractivity contribution is 0.708. The van der Waals surface area contributed by atoms with Crippen LogP contribution in [-0.4, -0.2) is 11.5 Å². The Balaban J connectivity index is 2.14. The molecule has 3 N–H and O–H groups in total. The summed E-state index contributed by atoms with van der Waals surface area (Å²) in [6, 6.07) is 16.3. The molecule has 0 saturated carbocycles. The molecule has 0 saturated heterocycles. The lowest BCUT2D eigenvalue weighted by Gasteiger charge is -2.24. The van der Waals surface area contributed by atoms with Crippen LogP contribution in [-0.2, 0) is 6.54 Å². The van der Waals surface area contributed by atoms with Gasteiger partial charge in [0.25, 0.3) is 0 Å². The number of aromatic nitrogens is 1. The minimum atomic E-state index is 0.700. The van der Waals surface area contributed by atoms with Crippen molar-refractivity contribution in [2.24, 2.45) is 5.84 Å². The summed E-state index contributed by atoms with van der Waals surface area (Å²) in [5, 5.41) is 0. The molecule has 0 bridgehead atoms. The van der Waals surface area contributed by atoms with Gasteiger partial charge in [0.1, 0.15) is 5.82 Å². The second kappa shape index (κ2) is 7.50. The maximum atomic E-state index is 5.41. The number of unbranched alkanes of at least 4 members (excludes halogenated alkanes) is 1. The number of nitrogens with two attached hydrogens (primary N) is 1. The fraction of sp³-hybridized carbons (Fsp3) is 0.312. The van der Waals surface area contributed by atoms with Crippen molar-refractivity contribution >= 4 is 11.5 Å². The van der Waals surface area contributed by atoms with Crippen molar-refractivity contribution in [2.75, 3.05) is 16.9 Å². The van der Waals surface area contributed by atoms with Crippen molar-refractivity contribution in [1.29, 1.82) is 0 Å². The van der Waals surface area contributed by atoms with Gasteiger partial charge in [0.05, 0.1) is 12.2 Å². The Kier molecular flexibility index (Phi) is 5.38. The Morgan fingerprint density at radius 1 is 1.10 bits per heavy atom. The highest BCUT2D eigenvalue weighted by molar-refractivity contribution is 5.46. The summed E-state index contributed by atoms with van der Waals surface area (Å²) in [7, 11) is 0. The SMILES string of the molecule is CCCCN(Cc1cccc(NN)n1)c1ccccc1. The summed E-state index contributed by atoms with van der Waals surface area (Å²) >= 11 is 0. The quantitative estimate of drug-likeness (QED) is 0.599. The van der Waals surface area contributed by atoms with E-state index in [1.54, 1.807) is 0 Å². The Bertz CT molecular complexity index is 513. The smallest absolute Gasteiger partial charge is 0.140 e. The zero-order valence-electron chi connectivity index (χ0n) is 11.9. The number of nitrogens with one attached hydrogen (secondary N) is 1. The number of pyridine rings is 1. The van der Waals surface area contributed by atoms with Gasteiger partial charge in [-0.1, -0.05) is 37.6 Å². The molecule has 0 aliphatic heterocycles. The molecule has 0 aliphatic carbocycles. The van der Waals surface area contributed by atoms with Gasteiger partial charge in [0.15, 0.2) is 0 Å². The number of anilines is 2. The maximum absolute atomic E-state index is 5.41. The van der Waals surface area contributed by atoms with E-state index < -0.39 is 0 Å². The standard InChI is InChI=1S/C16H22N4/c1-2-3-12-20(15-9-5-4-6-10-15)13-14-8-7-11-16(18-14)19-17/h4-11H,2-3,12-13,17H2,1H3,(H,18,19). The lowest BCUT2D eigenvalue weighted by atomic mass is 10.2. The van der Waals surface area contributed by atoms with E-state index in [4.69, 9.17) is 5.84 Å². The number of benzene rings is 1. The van der Waals surface area contributed by atoms with E-state index >= 15 is 0 Å². The largest absolute Gasteiger partial charge is 0.366 e. The number of para-hydroxylation sites is 1. The van der Waals surface area contributed by atoms with Gasteiger partial charge >= 0.3 is 0 Å². The van der Waals surface area contributed by atoms with Crippen LogP contribution in [0.25, 0.3) is 0 Å². The zero-order chi connectivity index (χ0) is 14.2. The summed E-state index contributed by atoms with van der Waals surface area (Å²) in [5.41, 5.74) is 4.84. The van der Waals surface area contributed by atoms with Crippen molar-refractivity contribution in [3.05, 3.63) is 54.2 Å². The third-order valence-electron chi connectivity index (χ3n) is 3.21. The summed E-state index contributed by atoms with van der Waals surface area (Å²) in [4.78, 5) is 6.84. The van der Waals surface area contributed by atoms with Crippen molar-refractivity contribution in [3.63, 3.8) is 0 Å². The molecule has 4 heteroatoms. The molecule has 1 aromatic heterocycles. The highest BCUT2D eigenvalue weighted by Gasteiger charge is 2.07. The van der Waals surface area contributed by atoms with Crippen molar-refractivity contribution < 1.29 is 0 Å². The minimum absolute atomic E-state index is 0.700. The van der Waals surface area contributed by atoms with Gasteiger partial charge in [-0.15, -0.1) is 0 Å². The predicted molar refractivity (Wildman–Crippen MR) is 84.4 cm³/mol. The average molecular weight is 270 g/mol. The van der Waals surface area contributed by atoms with Crippen LogP contribution in [0.1, 0.15) is 25.5 Å². The predicted octanol–water partition coefficient (Wildman–Crippen LogP) is 3.17. The third kappa shape index (κ3) is 3.96. The fourth-order valence-electron chi connectivity index (χ4n) is 2.13. The summed E-state index contributed by atoms with van der Waals surface area (Å²) < 4.78 is 0. The number of nitrogen functional groups attached to an aromatic ring is 1. The van der Waals surface area contributed by atoms with E-state index in [-0.39, 0.29) is 0 Å². The first kappa shape index (κ1) is 14.3. The van der Waals surface area contributed by atoms with Crippen LogP contribution in [0.3, 0.4) is 0 Å². The van der Waals surface area contributed by atoms with E-state index in [0.29, 0.717) is 5.82 Å². The monoisotopic (exact) mass is 270 g/mol. The molecular weight excluding hydrogens is 248 g/mol. The molecule has 0 aliphatic rings. The number of hydrazine groups is 1. The van der Waals surface area contributed by atoms with Gasteiger partial charge in [-0.25, -0.2) is 10.8 Å². The Morgan fingerprint density at radius 2 is 1.90 bits per heavy atom. The van der Waals surface area contributed by atoms with E-state index in [9.17, 15) is 0 Å². The van der Waals surface area contributed by atoms with E-state index in [2.05, 4.69) is 46.5 Å². The zero-order valence-corrected chi connectivity index (χ0v) is 11.9. The molecule has 0 spiro atoms. The molecule has 2 rings (SSSR count). The van der Waals surface area contributed by atoms with Gasteiger partial charge < -0.3 is 10.3 Å². The third-order valence-corrected chi connectivity index (χ3v) is 3.21. The Hall–Kier alpha value is -2.07. The van der Waals surface area contributed by atoms with Crippen molar-refractivity contribution in [2.45, 2.75) is 26.3 Å². The molecule has 0 amide bonds. The first-order chi connectivity index (χ1) is 9.83. The number of hydrogen-bond donors (Lipinski definition) is 2. The number of nitrogens with zero attached hydrogens (tertiary/aromatic N) is 2. The van der Waals surface area contributed by atoms with Gasteiger partial charge in [0, 0.05) is 12.2 Å². The minimum Gasteiger partial charge on any atom is -0.366 e.